The predicted octanol–water partition coefficient (Wildman–Crippen LogP) is 4.52. The minimum absolute atomic E-state index is 0.0158. The SMILES string of the molecule is Cc1cc(CC(=O)O)cc(SN2CCN(c3ncc(C(F)(F)F)cc3Cl)CC2)c1. The molecule has 1 aliphatic rings. The van der Waals surface area contributed by atoms with Gasteiger partial charge >= 0.3 is 12.1 Å². The summed E-state index contributed by atoms with van der Waals surface area (Å²) in [5.74, 6) is -0.523. The van der Waals surface area contributed by atoms with Crippen molar-refractivity contribution < 1.29 is 23.1 Å². The first kappa shape index (κ1) is 21.7. The quantitative estimate of drug-likeness (QED) is 0.683. The van der Waals surface area contributed by atoms with Crippen molar-refractivity contribution in [2.75, 3.05) is 31.1 Å². The van der Waals surface area contributed by atoms with E-state index in [0.29, 0.717) is 32.0 Å². The number of halogens is 4. The molecule has 1 fully saturated rings. The van der Waals surface area contributed by atoms with Crippen LogP contribution in [-0.4, -0.2) is 46.5 Å². The summed E-state index contributed by atoms with van der Waals surface area (Å²) in [6.07, 6.45) is -3.70. The number of anilines is 1. The molecule has 1 aromatic carbocycles. The second-order valence-corrected chi connectivity index (χ2v) is 8.34. The maximum absolute atomic E-state index is 12.8. The summed E-state index contributed by atoms with van der Waals surface area (Å²) < 4.78 is 40.5. The molecule has 2 heterocycles. The van der Waals surface area contributed by atoms with Crippen LogP contribution in [0.15, 0.2) is 35.4 Å². The fourth-order valence-corrected chi connectivity index (χ4v) is 4.49. The van der Waals surface area contributed by atoms with Gasteiger partial charge in [0.2, 0.25) is 0 Å². The third-order valence-corrected chi connectivity index (χ3v) is 5.74. The first-order chi connectivity index (χ1) is 13.6. The minimum Gasteiger partial charge on any atom is -0.481 e. The molecule has 1 aromatic heterocycles. The van der Waals surface area contributed by atoms with Crippen molar-refractivity contribution in [2.24, 2.45) is 0 Å². The Balaban J connectivity index is 1.63. The Morgan fingerprint density at radius 1 is 1.21 bits per heavy atom. The van der Waals surface area contributed by atoms with Crippen molar-refractivity contribution >= 4 is 35.3 Å². The molecule has 5 nitrogen and oxygen atoms in total. The molecule has 0 radical (unpaired) electrons. The van der Waals surface area contributed by atoms with E-state index in [2.05, 4.69) is 9.29 Å². The van der Waals surface area contributed by atoms with Crippen molar-refractivity contribution in [3.8, 4) is 0 Å². The van der Waals surface area contributed by atoms with Gasteiger partial charge in [0.05, 0.1) is 17.0 Å². The lowest BCUT2D eigenvalue weighted by molar-refractivity contribution is -0.138. The maximum atomic E-state index is 12.8. The Kier molecular flexibility index (Phi) is 6.60. The van der Waals surface area contributed by atoms with Crippen LogP contribution in [0.25, 0.3) is 0 Å². The molecule has 1 saturated heterocycles. The number of aryl methyl sites for hydroxylation is 1. The number of pyridine rings is 1. The zero-order valence-electron chi connectivity index (χ0n) is 15.5. The number of carboxylic acid groups (broad SMARTS) is 1. The third-order valence-electron chi connectivity index (χ3n) is 4.39. The molecule has 0 unspecified atom stereocenters. The first-order valence-corrected chi connectivity index (χ1v) is 10.00. The van der Waals surface area contributed by atoms with E-state index < -0.39 is 17.7 Å². The molecule has 0 aliphatic carbocycles. The normalized spacial score (nSPS) is 15.6. The number of aliphatic carboxylic acids is 1. The van der Waals surface area contributed by atoms with E-state index in [0.717, 1.165) is 28.3 Å². The molecule has 0 bridgehead atoms. The first-order valence-electron chi connectivity index (χ1n) is 8.85. The number of nitrogens with zero attached hydrogens (tertiary/aromatic N) is 3. The number of aromatic nitrogens is 1. The van der Waals surface area contributed by atoms with E-state index in [4.69, 9.17) is 16.7 Å². The largest absolute Gasteiger partial charge is 0.481 e. The molecule has 0 saturated carbocycles. The third kappa shape index (κ3) is 5.77. The summed E-state index contributed by atoms with van der Waals surface area (Å²) in [4.78, 5) is 17.7. The molecule has 1 N–H and O–H groups in total. The Morgan fingerprint density at radius 3 is 2.48 bits per heavy atom. The van der Waals surface area contributed by atoms with Gasteiger partial charge in [0, 0.05) is 37.3 Å². The summed E-state index contributed by atoms with van der Waals surface area (Å²) in [7, 11) is 0. The van der Waals surface area contributed by atoms with Crippen LogP contribution in [0.4, 0.5) is 19.0 Å². The summed E-state index contributed by atoms with van der Waals surface area (Å²) >= 11 is 7.58. The fraction of sp³-hybridized carbons (Fsp3) is 0.368. The van der Waals surface area contributed by atoms with E-state index in [9.17, 15) is 18.0 Å². The average molecular weight is 446 g/mol. The summed E-state index contributed by atoms with van der Waals surface area (Å²) in [6.45, 7) is 4.38. The smallest absolute Gasteiger partial charge is 0.417 e. The number of rotatable bonds is 5. The number of carbonyl (C=O) groups is 1. The van der Waals surface area contributed by atoms with Crippen LogP contribution in [0.2, 0.25) is 5.02 Å². The van der Waals surface area contributed by atoms with Gasteiger partial charge in [-0.05, 0) is 48.2 Å². The molecule has 2 aromatic rings. The van der Waals surface area contributed by atoms with E-state index >= 15 is 0 Å². The van der Waals surface area contributed by atoms with Crippen molar-refractivity contribution in [1.29, 1.82) is 0 Å². The van der Waals surface area contributed by atoms with Gasteiger partial charge in [-0.3, -0.25) is 4.79 Å². The van der Waals surface area contributed by atoms with Gasteiger partial charge in [-0.1, -0.05) is 17.7 Å². The average Bonchev–Trinajstić information content (AvgIpc) is 2.60. The lowest BCUT2D eigenvalue weighted by atomic mass is 10.1. The van der Waals surface area contributed by atoms with Gasteiger partial charge in [-0.15, -0.1) is 0 Å². The molecule has 1 aliphatic heterocycles. The monoisotopic (exact) mass is 445 g/mol. The van der Waals surface area contributed by atoms with E-state index in [1.165, 1.54) is 11.9 Å². The van der Waals surface area contributed by atoms with Crippen molar-refractivity contribution in [2.45, 2.75) is 24.4 Å². The van der Waals surface area contributed by atoms with Crippen molar-refractivity contribution in [3.05, 3.63) is 52.2 Å². The molecule has 0 amide bonds. The van der Waals surface area contributed by atoms with E-state index in [1.54, 1.807) is 0 Å². The highest BCUT2D eigenvalue weighted by molar-refractivity contribution is 7.97. The van der Waals surface area contributed by atoms with Crippen LogP contribution < -0.4 is 4.90 Å². The Bertz CT molecular complexity index is 903. The van der Waals surface area contributed by atoms with Crippen LogP contribution >= 0.6 is 23.5 Å². The van der Waals surface area contributed by atoms with Crippen molar-refractivity contribution in [3.63, 3.8) is 0 Å². The number of hydrogen-bond acceptors (Lipinski definition) is 5. The van der Waals surface area contributed by atoms with E-state index in [-0.39, 0.29) is 11.4 Å². The van der Waals surface area contributed by atoms with Crippen molar-refractivity contribution in [1.82, 2.24) is 9.29 Å². The Morgan fingerprint density at radius 2 is 1.90 bits per heavy atom. The van der Waals surface area contributed by atoms with Crippen LogP contribution in [0, 0.1) is 6.92 Å². The van der Waals surface area contributed by atoms with Crippen LogP contribution in [0.3, 0.4) is 0 Å². The molecule has 10 heteroatoms. The van der Waals surface area contributed by atoms with Gasteiger partial charge in [0.1, 0.15) is 5.82 Å². The number of benzene rings is 1. The molecule has 29 heavy (non-hydrogen) atoms. The maximum Gasteiger partial charge on any atom is 0.417 e. The fourth-order valence-electron chi connectivity index (χ4n) is 3.11. The second-order valence-electron chi connectivity index (χ2n) is 6.76. The van der Waals surface area contributed by atoms with Crippen LogP contribution in [-0.2, 0) is 17.4 Å². The van der Waals surface area contributed by atoms with Gasteiger partial charge in [-0.2, -0.15) is 13.2 Å². The van der Waals surface area contributed by atoms with Gasteiger partial charge in [-0.25, -0.2) is 9.29 Å². The van der Waals surface area contributed by atoms with Crippen LogP contribution in [0.1, 0.15) is 16.7 Å². The number of hydrogen-bond donors (Lipinski definition) is 1. The Labute approximate surface area is 175 Å². The standard InChI is InChI=1S/C19H19ClF3N3O2S/c1-12-6-13(9-17(27)28)8-15(7-12)29-26-4-2-25(3-5-26)18-16(20)10-14(11-24-18)19(21,22)23/h6-8,10-11H,2-5,9H2,1H3,(H,27,28). The number of alkyl halides is 3. The lowest BCUT2D eigenvalue weighted by Gasteiger charge is -2.35. The molecule has 156 valence electrons. The highest BCUT2D eigenvalue weighted by Crippen LogP contribution is 2.34. The van der Waals surface area contributed by atoms with Gasteiger partial charge in [0.25, 0.3) is 0 Å². The zero-order valence-corrected chi connectivity index (χ0v) is 17.1. The predicted molar refractivity (Wildman–Crippen MR) is 106 cm³/mol. The number of piperazine rings is 1. The highest BCUT2D eigenvalue weighted by atomic mass is 35.5. The highest BCUT2D eigenvalue weighted by Gasteiger charge is 2.32. The van der Waals surface area contributed by atoms with E-state index in [1.807, 2.05) is 30.0 Å². The number of carboxylic acids is 1. The van der Waals surface area contributed by atoms with Crippen LogP contribution in [0.5, 0.6) is 0 Å². The molecular weight excluding hydrogens is 427 g/mol. The second kappa shape index (κ2) is 8.81. The van der Waals surface area contributed by atoms with Gasteiger partial charge < -0.3 is 10.0 Å². The zero-order chi connectivity index (χ0) is 21.2. The molecule has 0 atom stereocenters. The lowest BCUT2D eigenvalue weighted by Crippen LogP contribution is -2.44. The van der Waals surface area contributed by atoms with Gasteiger partial charge in [0.15, 0.2) is 0 Å². The molecule has 3 rings (SSSR count). The topological polar surface area (TPSA) is 56.7 Å². The summed E-state index contributed by atoms with van der Waals surface area (Å²) in [5.41, 5.74) is 0.877. The summed E-state index contributed by atoms with van der Waals surface area (Å²) in [5, 5.41) is 8.97. The molecular formula is C19H19ClF3N3O2S. The molecule has 0 spiro atoms. The minimum atomic E-state index is -4.47. The summed E-state index contributed by atoms with van der Waals surface area (Å²) in [6, 6.07) is 6.62. The Hall–Kier alpha value is -1.97.